The first kappa shape index (κ1) is 12.1. The van der Waals surface area contributed by atoms with Gasteiger partial charge in [0.15, 0.2) is 0 Å². The smallest absolute Gasteiger partial charge is 0.0651 e. The van der Waals surface area contributed by atoms with Gasteiger partial charge in [0.05, 0.1) is 0 Å². The molecule has 0 aromatic carbocycles. The summed E-state index contributed by atoms with van der Waals surface area (Å²) in [6.07, 6.45) is 5.68. The molecule has 0 radical (unpaired) electrons. The van der Waals surface area contributed by atoms with Crippen molar-refractivity contribution in [1.82, 2.24) is 0 Å². The first-order valence-electron chi connectivity index (χ1n) is 6.33. The Bertz CT molecular complexity index is 195. The Hall–Kier alpha value is 0.0649. The van der Waals surface area contributed by atoms with Crippen molar-refractivity contribution in [2.45, 2.75) is 65.6 Å². The van der Waals surface area contributed by atoms with E-state index in [1.807, 2.05) is 0 Å². The fraction of sp³-hybridized carbons (Fsp3) is 1.00. The van der Waals surface area contributed by atoms with Gasteiger partial charge >= 0.3 is 0 Å². The molecule has 0 amide bonds. The van der Waals surface area contributed by atoms with E-state index in [1.54, 1.807) is 0 Å². The fourth-order valence-electron chi connectivity index (χ4n) is 3.32. The van der Waals surface area contributed by atoms with E-state index in [0.717, 1.165) is 11.8 Å². The third-order valence-electron chi connectivity index (χ3n) is 5.27. The highest BCUT2D eigenvalue weighted by Gasteiger charge is 2.46. The molecule has 82 valence electrons. The minimum Gasteiger partial charge on any atom is -0.0651 e. The van der Waals surface area contributed by atoms with Gasteiger partial charge in [-0.3, -0.25) is 0 Å². The van der Waals surface area contributed by atoms with Crippen LogP contribution in [0.1, 0.15) is 60.3 Å². The summed E-state index contributed by atoms with van der Waals surface area (Å²) in [5.74, 6) is 1.80. The van der Waals surface area contributed by atoms with Crippen molar-refractivity contribution in [1.29, 1.82) is 0 Å². The van der Waals surface area contributed by atoms with Crippen molar-refractivity contribution in [2.24, 2.45) is 17.3 Å². The Morgan fingerprint density at radius 2 is 1.93 bits per heavy atom. The Morgan fingerprint density at radius 1 is 1.36 bits per heavy atom. The second-order valence-electron chi connectivity index (χ2n) is 6.47. The van der Waals surface area contributed by atoms with E-state index in [0.29, 0.717) is 10.7 Å². The van der Waals surface area contributed by atoms with Gasteiger partial charge in [-0.2, -0.15) is 0 Å². The van der Waals surface area contributed by atoms with Gasteiger partial charge in [0, 0.05) is 0 Å². The van der Waals surface area contributed by atoms with Gasteiger partial charge in [-0.05, 0) is 23.7 Å². The van der Waals surface area contributed by atoms with Crippen LogP contribution in [-0.4, -0.2) is 7.85 Å². The van der Waals surface area contributed by atoms with E-state index in [4.69, 9.17) is 0 Å². The van der Waals surface area contributed by atoms with Crippen molar-refractivity contribution in [3.05, 3.63) is 0 Å². The summed E-state index contributed by atoms with van der Waals surface area (Å²) in [5, 5.41) is 0.554. The fourth-order valence-corrected chi connectivity index (χ4v) is 3.32. The van der Waals surface area contributed by atoms with Crippen molar-refractivity contribution in [3.8, 4) is 0 Å². The van der Waals surface area contributed by atoms with Crippen LogP contribution in [0.15, 0.2) is 0 Å². The first-order chi connectivity index (χ1) is 6.33. The summed E-state index contributed by atoms with van der Waals surface area (Å²) < 4.78 is 0. The maximum atomic E-state index is 2.50. The molecule has 1 aliphatic carbocycles. The van der Waals surface area contributed by atoms with Gasteiger partial charge in [-0.25, -0.2) is 0 Å². The molecule has 1 saturated carbocycles. The van der Waals surface area contributed by atoms with Gasteiger partial charge in [0.25, 0.3) is 0 Å². The molecule has 1 fully saturated rings. The predicted molar refractivity (Wildman–Crippen MR) is 67.5 cm³/mol. The molecule has 0 nitrogen and oxygen atoms in total. The Morgan fingerprint density at radius 3 is 2.29 bits per heavy atom. The van der Waals surface area contributed by atoms with Crippen LogP contribution in [0.25, 0.3) is 0 Å². The van der Waals surface area contributed by atoms with E-state index in [-0.39, 0.29) is 0 Å². The van der Waals surface area contributed by atoms with Crippen LogP contribution in [0.3, 0.4) is 0 Å². The Kier molecular flexibility index (Phi) is 3.39. The molecule has 1 aliphatic rings. The van der Waals surface area contributed by atoms with Crippen LogP contribution in [0, 0.1) is 17.3 Å². The zero-order valence-corrected chi connectivity index (χ0v) is 11.0. The topological polar surface area (TPSA) is 0 Å². The number of hydrogen-bond acceptors (Lipinski definition) is 0. The molecule has 2 atom stereocenters. The highest BCUT2D eigenvalue weighted by Crippen LogP contribution is 2.59. The third-order valence-corrected chi connectivity index (χ3v) is 5.27. The zero-order chi connectivity index (χ0) is 11.0. The third kappa shape index (κ3) is 1.88. The average Bonchev–Trinajstić information content (AvgIpc) is 2.09. The van der Waals surface area contributed by atoms with Crippen molar-refractivity contribution in [2.75, 3.05) is 0 Å². The first-order valence-corrected chi connectivity index (χ1v) is 6.33. The lowest BCUT2D eigenvalue weighted by Crippen LogP contribution is -2.41. The molecule has 0 bridgehead atoms. The molecule has 2 unspecified atom stereocenters. The molecular weight excluding hydrogens is 167 g/mol. The van der Waals surface area contributed by atoms with Crippen LogP contribution in [0.2, 0.25) is 5.31 Å². The number of rotatable bonds is 2. The molecule has 0 saturated heterocycles. The predicted octanol–water partition coefficient (Wildman–Crippen LogP) is 3.67. The normalized spacial score (nSPS) is 37.4. The van der Waals surface area contributed by atoms with E-state index in [1.165, 1.54) is 25.7 Å². The van der Waals surface area contributed by atoms with E-state index < -0.39 is 0 Å². The van der Waals surface area contributed by atoms with Crippen LogP contribution in [0.5, 0.6) is 0 Å². The van der Waals surface area contributed by atoms with E-state index in [2.05, 4.69) is 42.5 Å². The van der Waals surface area contributed by atoms with Crippen molar-refractivity contribution < 1.29 is 0 Å². The lowest BCUT2D eigenvalue weighted by molar-refractivity contribution is 0.0760. The summed E-state index contributed by atoms with van der Waals surface area (Å²) in [5.41, 5.74) is 0.528. The minimum atomic E-state index is 0.528. The average molecular weight is 194 g/mol. The maximum absolute atomic E-state index is 2.50. The standard InChI is InChI=1S/C13H27B/c1-6-11-7-8-13(14,10(2)3)12(4,5)9-11/h10-11H,6-9,14H2,1-5H3. The summed E-state index contributed by atoms with van der Waals surface area (Å²) in [7, 11) is 2.50. The van der Waals surface area contributed by atoms with E-state index in [9.17, 15) is 0 Å². The summed E-state index contributed by atoms with van der Waals surface area (Å²) in [6, 6.07) is 0. The van der Waals surface area contributed by atoms with Crippen LogP contribution in [0.4, 0.5) is 0 Å². The molecule has 0 heterocycles. The van der Waals surface area contributed by atoms with Crippen molar-refractivity contribution >= 4 is 7.85 Å². The Balaban J connectivity index is 2.82. The molecule has 0 aliphatic heterocycles. The quantitative estimate of drug-likeness (QED) is 0.588. The molecule has 0 N–H and O–H groups in total. The second kappa shape index (κ2) is 3.91. The molecule has 0 aromatic heterocycles. The largest absolute Gasteiger partial charge is 0.110 e. The lowest BCUT2D eigenvalue weighted by Gasteiger charge is -2.53. The highest BCUT2D eigenvalue weighted by atomic mass is 14.5. The summed E-state index contributed by atoms with van der Waals surface area (Å²) in [4.78, 5) is 0. The van der Waals surface area contributed by atoms with Crippen LogP contribution in [-0.2, 0) is 0 Å². The molecule has 1 rings (SSSR count). The van der Waals surface area contributed by atoms with Crippen molar-refractivity contribution in [3.63, 3.8) is 0 Å². The molecule has 1 heteroatoms. The monoisotopic (exact) mass is 194 g/mol. The van der Waals surface area contributed by atoms with Crippen LogP contribution >= 0.6 is 0 Å². The highest BCUT2D eigenvalue weighted by molar-refractivity contribution is 6.16. The maximum Gasteiger partial charge on any atom is 0.110 e. The summed E-state index contributed by atoms with van der Waals surface area (Å²) in [6.45, 7) is 12.1. The molecule has 14 heavy (non-hydrogen) atoms. The molecule has 0 aromatic rings. The minimum absolute atomic E-state index is 0.528. The SMILES string of the molecule is BC1(C(C)C)CCC(CC)CC1(C)C. The van der Waals surface area contributed by atoms with Gasteiger partial charge in [-0.1, -0.05) is 59.2 Å². The second-order valence-corrected chi connectivity index (χ2v) is 6.47. The van der Waals surface area contributed by atoms with Gasteiger partial charge in [-0.15, -0.1) is 0 Å². The van der Waals surface area contributed by atoms with Gasteiger partial charge in [0.2, 0.25) is 0 Å². The molecular formula is C13H27B. The summed E-state index contributed by atoms with van der Waals surface area (Å²) >= 11 is 0. The molecule has 0 spiro atoms. The zero-order valence-electron chi connectivity index (χ0n) is 11.0. The lowest BCUT2D eigenvalue weighted by atomic mass is 9.42. The number of hydrogen-bond donors (Lipinski definition) is 0. The van der Waals surface area contributed by atoms with Gasteiger partial charge in [0.1, 0.15) is 7.85 Å². The Labute approximate surface area is 91.3 Å². The van der Waals surface area contributed by atoms with Gasteiger partial charge < -0.3 is 0 Å². The van der Waals surface area contributed by atoms with E-state index >= 15 is 0 Å². The van der Waals surface area contributed by atoms with Crippen LogP contribution < -0.4 is 0 Å².